The lowest BCUT2D eigenvalue weighted by Gasteiger charge is -2.01. The van der Waals surface area contributed by atoms with Crippen molar-refractivity contribution in [3.8, 4) is 0 Å². The van der Waals surface area contributed by atoms with E-state index >= 15 is 0 Å². The minimum atomic E-state index is -1.05. The van der Waals surface area contributed by atoms with Gasteiger partial charge >= 0.3 is 5.97 Å². The Labute approximate surface area is 63.1 Å². The highest BCUT2D eigenvalue weighted by molar-refractivity contribution is 5.67. The summed E-state index contributed by atoms with van der Waals surface area (Å²) >= 11 is 0. The van der Waals surface area contributed by atoms with E-state index in [9.17, 15) is 4.79 Å². The van der Waals surface area contributed by atoms with Crippen molar-refractivity contribution in [1.29, 1.82) is 0 Å². The molecule has 0 aliphatic carbocycles. The Morgan fingerprint density at radius 2 is 2.45 bits per heavy atom. The maximum atomic E-state index is 10.1. The van der Waals surface area contributed by atoms with Crippen LogP contribution in [0.4, 0.5) is 0 Å². The number of carboxylic acids is 1. The Kier molecular flexibility index (Phi) is 2.28. The van der Waals surface area contributed by atoms with Crippen LogP contribution >= 0.6 is 0 Å². The Bertz CT molecular complexity index is 227. The van der Waals surface area contributed by atoms with E-state index in [1.54, 1.807) is 6.07 Å². The summed E-state index contributed by atoms with van der Waals surface area (Å²) in [5.74, 6) is -0.763. The maximum Gasteiger partial charge on any atom is 0.306 e. The van der Waals surface area contributed by atoms with Gasteiger partial charge in [-0.25, -0.2) is 0 Å². The molecule has 0 aliphatic heterocycles. The average molecular weight is 156 g/mol. The molecule has 0 saturated heterocycles. The van der Waals surface area contributed by atoms with Crippen LogP contribution in [0.1, 0.15) is 18.3 Å². The molecule has 0 bridgehead atoms. The second kappa shape index (κ2) is 3.21. The van der Waals surface area contributed by atoms with Gasteiger partial charge in [-0.15, -0.1) is 0 Å². The summed E-state index contributed by atoms with van der Waals surface area (Å²) in [5.41, 5.74) is 0. The minimum Gasteiger partial charge on any atom is -0.481 e. The highest BCUT2D eigenvalue weighted by Crippen LogP contribution is 2.15. The molecule has 1 heterocycles. The van der Waals surface area contributed by atoms with Gasteiger partial charge in [0.25, 0.3) is 0 Å². The Morgan fingerprint density at radius 3 is 2.91 bits per heavy atom. The second-order valence-electron chi connectivity index (χ2n) is 2.13. The first kappa shape index (κ1) is 7.81. The molecule has 0 aromatic carbocycles. The first-order chi connectivity index (χ1) is 5.20. The van der Waals surface area contributed by atoms with Gasteiger partial charge in [-0.2, -0.15) is 0 Å². The molecule has 1 aromatic heterocycles. The predicted molar refractivity (Wildman–Crippen MR) is 35.9 cm³/mol. The van der Waals surface area contributed by atoms with E-state index in [0.717, 1.165) is 0 Å². The number of rotatable bonds is 3. The van der Waals surface area contributed by atoms with Crippen molar-refractivity contribution in [2.45, 2.75) is 12.5 Å². The number of hydrogen-bond donors (Lipinski definition) is 2. The first-order valence-electron chi connectivity index (χ1n) is 3.13. The summed E-state index contributed by atoms with van der Waals surface area (Å²) in [7, 11) is 0. The van der Waals surface area contributed by atoms with Crippen LogP contribution in [0.15, 0.2) is 22.8 Å². The zero-order valence-corrected chi connectivity index (χ0v) is 5.73. The fourth-order valence-corrected chi connectivity index (χ4v) is 0.747. The lowest BCUT2D eigenvalue weighted by Crippen LogP contribution is -2.04. The van der Waals surface area contributed by atoms with E-state index in [4.69, 9.17) is 14.6 Å². The third-order valence-electron chi connectivity index (χ3n) is 1.24. The molecular weight excluding hydrogens is 148 g/mol. The number of carboxylic acid groups (broad SMARTS) is 1. The second-order valence-corrected chi connectivity index (χ2v) is 2.13. The van der Waals surface area contributed by atoms with Crippen molar-refractivity contribution in [2.75, 3.05) is 0 Å². The number of aliphatic carboxylic acids is 1. The van der Waals surface area contributed by atoms with E-state index in [2.05, 4.69) is 0 Å². The Balaban J connectivity index is 2.56. The van der Waals surface area contributed by atoms with Gasteiger partial charge in [-0.3, -0.25) is 4.79 Å². The van der Waals surface area contributed by atoms with Gasteiger partial charge in [0, 0.05) is 0 Å². The molecule has 2 N–H and O–H groups in total. The van der Waals surface area contributed by atoms with Crippen LogP contribution in [0.25, 0.3) is 0 Å². The van der Waals surface area contributed by atoms with Crippen molar-refractivity contribution in [3.63, 3.8) is 0 Å². The van der Waals surface area contributed by atoms with Gasteiger partial charge in [0.05, 0.1) is 12.7 Å². The Hall–Kier alpha value is -1.29. The molecule has 0 amide bonds. The zero-order chi connectivity index (χ0) is 8.27. The third-order valence-corrected chi connectivity index (χ3v) is 1.24. The molecule has 4 nitrogen and oxygen atoms in total. The molecule has 1 atom stereocenters. The summed E-state index contributed by atoms with van der Waals surface area (Å²) in [6.45, 7) is 0. The smallest absolute Gasteiger partial charge is 0.306 e. The van der Waals surface area contributed by atoms with Gasteiger partial charge < -0.3 is 14.6 Å². The number of aliphatic hydroxyl groups excluding tert-OH is 1. The molecule has 0 fully saturated rings. The third kappa shape index (κ3) is 2.09. The predicted octanol–water partition coefficient (Wildman–Crippen LogP) is 0.788. The minimum absolute atomic E-state index is 0.285. The van der Waals surface area contributed by atoms with E-state index in [1.807, 2.05) is 0 Å². The molecule has 0 saturated carbocycles. The molecule has 0 spiro atoms. The van der Waals surface area contributed by atoms with E-state index in [0.29, 0.717) is 0 Å². The van der Waals surface area contributed by atoms with Crippen LogP contribution in [0.3, 0.4) is 0 Å². The van der Waals surface area contributed by atoms with Crippen molar-refractivity contribution in [1.82, 2.24) is 0 Å². The SMILES string of the molecule is O=C(O)C[C@H](O)c1ccco1. The van der Waals surface area contributed by atoms with E-state index in [-0.39, 0.29) is 12.2 Å². The fourth-order valence-electron chi connectivity index (χ4n) is 0.747. The number of carbonyl (C=O) groups is 1. The van der Waals surface area contributed by atoms with Gasteiger partial charge in [0.15, 0.2) is 0 Å². The highest BCUT2D eigenvalue weighted by atomic mass is 16.4. The van der Waals surface area contributed by atoms with Gasteiger partial charge in [0.1, 0.15) is 11.9 Å². The van der Waals surface area contributed by atoms with Crippen LogP contribution < -0.4 is 0 Å². The molecule has 11 heavy (non-hydrogen) atoms. The standard InChI is InChI=1S/C7H8O4/c8-5(4-7(9)10)6-2-1-3-11-6/h1-3,5,8H,4H2,(H,9,10)/t5-/m0/s1. The quantitative estimate of drug-likeness (QED) is 0.678. The molecule has 1 aromatic rings. The number of aliphatic hydroxyl groups is 1. The lowest BCUT2D eigenvalue weighted by atomic mass is 10.2. The zero-order valence-electron chi connectivity index (χ0n) is 5.73. The van der Waals surface area contributed by atoms with Crippen LogP contribution in [-0.4, -0.2) is 16.2 Å². The normalized spacial score (nSPS) is 12.8. The molecule has 0 unspecified atom stereocenters. The van der Waals surface area contributed by atoms with E-state index in [1.165, 1.54) is 12.3 Å². The lowest BCUT2D eigenvalue weighted by molar-refractivity contribution is -0.139. The van der Waals surface area contributed by atoms with Crippen LogP contribution in [0.2, 0.25) is 0 Å². The molecule has 0 aliphatic rings. The van der Waals surface area contributed by atoms with Crippen LogP contribution in [-0.2, 0) is 4.79 Å². The van der Waals surface area contributed by atoms with Crippen molar-refractivity contribution < 1.29 is 19.4 Å². The summed E-state index contributed by atoms with van der Waals surface area (Å²) in [6, 6.07) is 3.13. The highest BCUT2D eigenvalue weighted by Gasteiger charge is 2.13. The monoisotopic (exact) mass is 156 g/mol. The summed E-state index contributed by atoms with van der Waals surface area (Å²) in [6.07, 6.45) is 0.0241. The van der Waals surface area contributed by atoms with Crippen LogP contribution in [0.5, 0.6) is 0 Å². The van der Waals surface area contributed by atoms with Gasteiger partial charge in [0.2, 0.25) is 0 Å². The number of furan rings is 1. The summed E-state index contributed by atoms with van der Waals surface area (Å²) in [4.78, 5) is 10.1. The van der Waals surface area contributed by atoms with Gasteiger partial charge in [-0.1, -0.05) is 0 Å². The molecule has 4 heteroatoms. The summed E-state index contributed by atoms with van der Waals surface area (Å²) in [5, 5.41) is 17.4. The van der Waals surface area contributed by atoms with Gasteiger partial charge in [-0.05, 0) is 12.1 Å². The molecule has 1 rings (SSSR count). The largest absolute Gasteiger partial charge is 0.481 e. The molecule has 60 valence electrons. The summed E-state index contributed by atoms with van der Waals surface area (Å²) < 4.78 is 4.78. The van der Waals surface area contributed by atoms with Crippen LogP contribution in [0, 0.1) is 0 Å². The topological polar surface area (TPSA) is 70.7 Å². The van der Waals surface area contributed by atoms with Crippen molar-refractivity contribution in [2.24, 2.45) is 0 Å². The maximum absolute atomic E-state index is 10.1. The first-order valence-corrected chi connectivity index (χ1v) is 3.13. The van der Waals surface area contributed by atoms with Crippen molar-refractivity contribution in [3.05, 3.63) is 24.2 Å². The Morgan fingerprint density at radius 1 is 1.73 bits per heavy atom. The molecule has 0 radical (unpaired) electrons. The van der Waals surface area contributed by atoms with E-state index < -0.39 is 12.1 Å². The number of hydrogen-bond acceptors (Lipinski definition) is 3. The fraction of sp³-hybridized carbons (Fsp3) is 0.286. The average Bonchev–Trinajstić information content (AvgIpc) is 2.35. The van der Waals surface area contributed by atoms with Crippen molar-refractivity contribution >= 4 is 5.97 Å². The molecular formula is C7H8O4.